The molecule has 0 aliphatic carbocycles. The fourth-order valence-electron chi connectivity index (χ4n) is 4.99. The van der Waals surface area contributed by atoms with Crippen LogP contribution in [0.15, 0.2) is 61.3 Å². The maximum atomic E-state index is 14.4. The van der Waals surface area contributed by atoms with E-state index in [0.29, 0.717) is 23.6 Å². The molecular weight excluding hydrogens is 505 g/mol. The van der Waals surface area contributed by atoms with Crippen molar-refractivity contribution >= 4 is 21.9 Å². The van der Waals surface area contributed by atoms with Crippen LogP contribution in [0, 0.1) is 5.82 Å². The summed E-state index contributed by atoms with van der Waals surface area (Å²) >= 11 is 0. The summed E-state index contributed by atoms with van der Waals surface area (Å²) in [6, 6.07) is 9.15. The van der Waals surface area contributed by atoms with Gasteiger partial charge in [-0.1, -0.05) is 0 Å². The molecule has 0 fully saturated rings. The van der Waals surface area contributed by atoms with Crippen LogP contribution in [0.3, 0.4) is 0 Å². The van der Waals surface area contributed by atoms with Gasteiger partial charge in [0, 0.05) is 41.6 Å². The molecule has 0 aliphatic rings. The van der Waals surface area contributed by atoms with E-state index >= 15 is 0 Å². The third-order valence-corrected chi connectivity index (χ3v) is 6.88. The minimum absolute atomic E-state index is 0.301. The largest absolute Gasteiger partial charge is 0.335 e. The molecule has 0 amide bonds. The van der Waals surface area contributed by atoms with Crippen LogP contribution in [0.5, 0.6) is 0 Å². The third kappa shape index (κ3) is 5.18. The van der Waals surface area contributed by atoms with Crippen molar-refractivity contribution < 1.29 is 4.39 Å². The highest BCUT2D eigenvalue weighted by Gasteiger charge is 2.17. The van der Waals surface area contributed by atoms with E-state index in [-0.39, 0.29) is 5.82 Å². The van der Waals surface area contributed by atoms with E-state index in [1.807, 2.05) is 31.6 Å². The Morgan fingerprint density at radius 1 is 0.900 bits per heavy atom. The molecule has 0 radical (unpaired) electrons. The van der Waals surface area contributed by atoms with Crippen molar-refractivity contribution in [3.05, 3.63) is 78.3 Å². The Morgan fingerprint density at radius 2 is 1.75 bits per heavy atom. The number of aromatic nitrogens is 7. The Hall–Kier alpha value is -4.54. The third-order valence-electron chi connectivity index (χ3n) is 6.88. The smallest absolute Gasteiger partial charge is 0.159 e. The second-order valence-corrected chi connectivity index (χ2v) is 10.2. The van der Waals surface area contributed by atoms with Gasteiger partial charge in [0.05, 0.1) is 34.6 Å². The standard InChI is InChI=1S/C30H30FN9/c1-32-12-19-8-20(10-22(31)9-19)24-15-34-16-27-28(24)37-30(36-27)29-23-11-25(35-17-26(23)38-39-29)21-7-18(13-33-14-21)5-4-6-40(2)3/h7-11,13-17,32H,4-6,12H2,1-3H3,(H,36,37)(H,38,39). The highest BCUT2D eigenvalue weighted by atomic mass is 19.1. The minimum Gasteiger partial charge on any atom is -0.335 e. The molecule has 0 saturated carbocycles. The quantitative estimate of drug-likeness (QED) is 0.239. The number of imidazole rings is 1. The van der Waals surface area contributed by atoms with Gasteiger partial charge in [0.1, 0.15) is 11.5 Å². The SMILES string of the molecule is CNCc1cc(F)cc(-c2cncc3[nH]c(-c4n[nH]c5cnc(-c6cncc(CCCN(C)C)c6)cc45)nc23)c1. The Balaban J connectivity index is 1.37. The van der Waals surface area contributed by atoms with E-state index in [4.69, 9.17) is 4.98 Å². The van der Waals surface area contributed by atoms with E-state index in [2.05, 4.69) is 60.5 Å². The van der Waals surface area contributed by atoms with Crippen molar-refractivity contribution in [3.8, 4) is 33.9 Å². The summed E-state index contributed by atoms with van der Waals surface area (Å²) < 4.78 is 14.4. The van der Waals surface area contributed by atoms with Gasteiger partial charge in [-0.3, -0.25) is 20.1 Å². The van der Waals surface area contributed by atoms with E-state index in [9.17, 15) is 4.39 Å². The number of halogens is 1. The van der Waals surface area contributed by atoms with E-state index in [0.717, 1.165) is 63.8 Å². The molecule has 0 bridgehead atoms. The average Bonchev–Trinajstić information content (AvgIpc) is 3.56. The number of nitrogens with zero attached hydrogens (tertiary/aromatic N) is 6. The summed E-state index contributed by atoms with van der Waals surface area (Å²) in [5.74, 6) is 0.292. The fourth-order valence-corrected chi connectivity index (χ4v) is 4.99. The number of H-pyrrole nitrogens is 2. The first kappa shape index (κ1) is 25.7. The Labute approximate surface area is 230 Å². The highest BCUT2D eigenvalue weighted by Crippen LogP contribution is 2.32. The molecule has 0 aliphatic heterocycles. The van der Waals surface area contributed by atoms with Crippen molar-refractivity contribution in [3.63, 3.8) is 0 Å². The van der Waals surface area contributed by atoms with Gasteiger partial charge in [0.15, 0.2) is 5.82 Å². The Kier molecular flexibility index (Phi) is 7.02. The molecule has 0 saturated heterocycles. The summed E-state index contributed by atoms with van der Waals surface area (Å²) in [5.41, 5.74) is 8.18. The first-order valence-electron chi connectivity index (χ1n) is 13.2. The molecular formula is C30H30FN9. The van der Waals surface area contributed by atoms with Gasteiger partial charge < -0.3 is 15.2 Å². The molecule has 6 rings (SSSR count). The molecule has 5 heterocycles. The summed E-state index contributed by atoms with van der Waals surface area (Å²) in [6.07, 6.45) is 11.0. The molecule has 10 heteroatoms. The lowest BCUT2D eigenvalue weighted by Gasteiger charge is -2.09. The monoisotopic (exact) mass is 535 g/mol. The van der Waals surface area contributed by atoms with Gasteiger partial charge in [0.2, 0.25) is 0 Å². The predicted molar refractivity (Wildman–Crippen MR) is 155 cm³/mol. The van der Waals surface area contributed by atoms with Gasteiger partial charge >= 0.3 is 0 Å². The van der Waals surface area contributed by atoms with Crippen molar-refractivity contribution in [2.45, 2.75) is 19.4 Å². The van der Waals surface area contributed by atoms with Crippen LogP contribution >= 0.6 is 0 Å². The minimum atomic E-state index is -0.301. The second kappa shape index (κ2) is 10.9. The van der Waals surface area contributed by atoms with Crippen LogP contribution < -0.4 is 5.32 Å². The van der Waals surface area contributed by atoms with Gasteiger partial charge in [-0.25, -0.2) is 9.37 Å². The average molecular weight is 536 g/mol. The molecule has 40 heavy (non-hydrogen) atoms. The Bertz CT molecular complexity index is 1800. The zero-order valence-corrected chi connectivity index (χ0v) is 22.7. The van der Waals surface area contributed by atoms with Gasteiger partial charge in [-0.15, -0.1) is 0 Å². The van der Waals surface area contributed by atoms with Crippen LogP contribution in [0.4, 0.5) is 4.39 Å². The summed E-state index contributed by atoms with van der Waals surface area (Å²) in [5, 5.41) is 11.6. The van der Waals surface area contributed by atoms with Crippen molar-refractivity contribution in [2.75, 3.05) is 27.7 Å². The summed E-state index contributed by atoms with van der Waals surface area (Å²) in [4.78, 5) is 24.0. The van der Waals surface area contributed by atoms with Gasteiger partial charge in [-0.05, 0) is 87.6 Å². The topological polar surface area (TPSA) is 111 Å². The number of aromatic amines is 2. The number of nitrogens with one attached hydrogen (secondary N) is 3. The summed E-state index contributed by atoms with van der Waals surface area (Å²) in [7, 11) is 6.00. The lowest BCUT2D eigenvalue weighted by atomic mass is 10.0. The molecule has 0 unspecified atom stereocenters. The van der Waals surface area contributed by atoms with Crippen molar-refractivity contribution in [1.29, 1.82) is 0 Å². The van der Waals surface area contributed by atoms with Crippen LogP contribution in [0.2, 0.25) is 0 Å². The first-order valence-corrected chi connectivity index (χ1v) is 13.2. The number of hydrogen-bond acceptors (Lipinski definition) is 7. The van der Waals surface area contributed by atoms with Gasteiger partial charge in [-0.2, -0.15) is 5.10 Å². The number of pyridine rings is 3. The zero-order chi connectivity index (χ0) is 27.6. The zero-order valence-electron chi connectivity index (χ0n) is 22.7. The normalized spacial score (nSPS) is 11.7. The molecule has 1 aromatic carbocycles. The number of fused-ring (bicyclic) bond motifs is 2. The number of benzene rings is 1. The predicted octanol–water partition coefficient (Wildman–Crippen LogP) is 4.98. The van der Waals surface area contributed by atoms with E-state index < -0.39 is 0 Å². The molecule has 0 spiro atoms. The molecule has 202 valence electrons. The number of hydrogen-bond donors (Lipinski definition) is 3. The fraction of sp³-hybridized carbons (Fsp3) is 0.233. The Morgan fingerprint density at radius 3 is 2.60 bits per heavy atom. The lowest BCUT2D eigenvalue weighted by Crippen LogP contribution is -2.13. The molecule has 3 N–H and O–H groups in total. The molecule has 0 atom stereocenters. The van der Waals surface area contributed by atoms with Crippen molar-refractivity contribution in [1.82, 2.24) is 45.3 Å². The number of aryl methyl sites for hydroxylation is 1. The van der Waals surface area contributed by atoms with Crippen LogP contribution in [0.1, 0.15) is 17.5 Å². The van der Waals surface area contributed by atoms with E-state index in [1.165, 1.54) is 17.7 Å². The van der Waals surface area contributed by atoms with Crippen molar-refractivity contribution in [2.24, 2.45) is 0 Å². The van der Waals surface area contributed by atoms with Gasteiger partial charge in [0.25, 0.3) is 0 Å². The second-order valence-electron chi connectivity index (χ2n) is 10.2. The van der Waals surface area contributed by atoms with Crippen LogP contribution in [-0.4, -0.2) is 67.7 Å². The molecule has 9 nitrogen and oxygen atoms in total. The van der Waals surface area contributed by atoms with Crippen LogP contribution in [-0.2, 0) is 13.0 Å². The molecule has 6 aromatic rings. The maximum absolute atomic E-state index is 14.4. The maximum Gasteiger partial charge on any atom is 0.159 e. The first-order chi connectivity index (χ1) is 19.5. The highest BCUT2D eigenvalue weighted by molar-refractivity contribution is 5.97. The number of rotatable bonds is 9. The summed E-state index contributed by atoms with van der Waals surface area (Å²) in [6.45, 7) is 1.59. The molecule has 5 aromatic heterocycles. The van der Waals surface area contributed by atoms with E-state index in [1.54, 1.807) is 18.6 Å². The van der Waals surface area contributed by atoms with Crippen LogP contribution in [0.25, 0.3) is 55.8 Å². The lowest BCUT2D eigenvalue weighted by molar-refractivity contribution is 0.400.